The van der Waals surface area contributed by atoms with Crippen LogP contribution in [0, 0.1) is 0 Å². The third-order valence-corrected chi connectivity index (χ3v) is 4.19. The van der Waals surface area contributed by atoms with Gasteiger partial charge < -0.3 is 15.5 Å². The Kier molecular flexibility index (Phi) is 4.63. The van der Waals surface area contributed by atoms with Crippen molar-refractivity contribution < 1.29 is 4.79 Å². The van der Waals surface area contributed by atoms with E-state index < -0.39 is 6.04 Å². The Balaban J connectivity index is 1.93. The molecule has 4 heteroatoms. The van der Waals surface area contributed by atoms with E-state index in [9.17, 15) is 4.79 Å². The maximum absolute atomic E-state index is 12.5. The third kappa shape index (κ3) is 3.37. The number of hydrogen-bond donors (Lipinski definition) is 1. The lowest BCUT2D eigenvalue weighted by Gasteiger charge is -2.27. The fourth-order valence-corrected chi connectivity index (χ4v) is 3.06. The van der Waals surface area contributed by atoms with Crippen LogP contribution in [0.2, 0.25) is 0 Å². The Bertz CT molecular complexity index is 669. The van der Waals surface area contributed by atoms with Crippen LogP contribution in [0.4, 0.5) is 11.4 Å². The molecule has 0 radical (unpaired) electrons. The number of nitrogens with two attached hydrogens (primary N) is 1. The van der Waals surface area contributed by atoms with Crippen LogP contribution in [0.5, 0.6) is 0 Å². The van der Waals surface area contributed by atoms with Gasteiger partial charge in [0.25, 0.3) is 0 Å². The van der Waals surface area contributed by atoms with E-state index in [4.69, 9.17) is 5.73 Å². The largest absolute Gasteiger partial charge is 0.365 e. The minimum Gasteiger partial charge on any atom is -0.365 e. The third-order valence-electron chi connectivity index (χ3n) is 4.19. The van der Waals surface area contributed by atoms with Crippen LogP contribution in [-0.4, -0.2) is 25.0 Å². The summed E-state index contributed by atoms with van der Waals surface area (Å²) >= 11 is 0. The molecule has 0 fully saturated rings. The van der Waals surface area contributed by atoms with Crippen molar-refractivity contribution in [1.29, 1.82) is 0 Å². The first-order chi connectivity index (χ1) is 11.2. The maximum Gasteiger partial charge on any atom is 0.243 e. The molecule has 0 aromatic heterocycles. The van der Waals surface area contributed by atoms with Crippen molar-refractivity contribution in [2.75, 3.05) is 22.9 Å². The molecule has 0 saturated heterocycles. The Morgan fingerprint density at radius 3 is 2.39 bits per heavy atom. The number of fused-ring (bicyclic) bond motifs is 1. The van der Waals surface area contributed by atoms with E-state index in [1.807, 2.05) is 29.2 Å². The number of amides is 1. The zero-order valence-electron chi connectivity index (χ0n) is 13.5. The lowest BCUT2D eigenvalue weighted by atomic mass is 10.1. The van der Waals surface area contributed by atoms with E-state index >= 15 is 0 Å². The van der Waals surface area contributed by atoms with Gasteiger partial charge in [0.2, 0.25) is 5.91 Å². The summed E-state index contributed by atoms with van der Waals surface area (Å²) < 4.78 is 0. The van der Waals surface area contributed by atoms with Crippen LogP contribution >= 0.6 is 0 Å². The predicted molar refractivity (Wildman–Crippen MR) is 94.6 cm³/mol. The molecule has 1 aliphatic heterocycles. The van der Waals surface area contributed by atoms with Gasteiger partial charge in [0.15, 0.2) is 0 Å². The average Bonchev–Trinajstić information content (AvgIpc) is 2.75. The highest BCUT2D eigenvalue weighted by atomic mass is 16.2. The lowest BCUT2D eigenvalue weighted by molar-refractivity contribution is -0.119. The molecule has 120 valence electrons. The Morgan fingerprint density at radius 1 is 1.04 bits per heavy atom. The van der Waals surface area contributed by atoms with E-state index in [0.717, 1.165) is 30.9 Å². The van der Waals surface area contributed by atoms with E-state index in [0.29, 0.717) is 6.54 Å². The van der Waals surface area contributed by atoms with Gasteiger partial charge >= 0.3 is 0 Å². The molecule has 3 rings (SSSR count). The highest BCUT2D eigenvalue weighted by Crippen LogP contribution is 2.33. The summed E-state index contributed by atoms with van der Waals surface area (Å²) in [5.74, 6) is -0.0148. The van der Waals surface area contributed by atoms with Gasteiger partial charge in [0, 0.05) is 19.6 Å². The number of anilines is 2. The summed E-state index contributed by atoms with van der Waals surface area (Å²) in [7, 11) is 0. The topological polar surface area (TPSA) is 49.6 Å². The second-order valence-corrected chi connectivity index (χ2v) is 6.03. The predicted octanol–water partition coefficient (Wildman–Crippen LogP) is 2.78. The van der Waals surface area contributed by atoms with Gasteiger partial charge in [-0.1, -0.05) is 42.5 Å². The summed E-state index contributed by atoms with van der Waals surface area (Å²) in [5, 5.41) is 0. The van der Waals surface area contributed by atoms with Crippen LogP contribution in [0.3, 0.4) is 0 Å². The quantitative estimate of drug-likeness (QED) is 0.948. The van der Waals surface area contributed by atoms with Gasteiger partial charge in [0.1, 0.15) is 0 Å². The van der Waals surface area contributed by atoms with Crippen molar-refractivity contribution in [3.63, 3.8) is 0 Å². The number of carbonyl (C=O) groups is 1. The first-order valence-corrected chi connectivity index (χ1v) is 8.11. The summed E-state index contributed by atoms with van der Waals surface area (Å²) in [4.78, 5) is 16.6. The molecule has 1 unspecified atom stereocenters. The first kappa shape index (κ1) is 15.6. The number of rotatable bonds is 3. The molecular weight excluding hydrogens is 286 g/mol. The smallest absolute Gasteiger partial charge is 0.243 e. The fraction of sp³-hybridized carbons (Fsp3) is 0.316. The zero-order valence-corrected chi connectivity index (χ0v) is 13.5. The minimum absolute atomic E-state index is 0.0148. The zero-order chi connectivity index (χ0) is 16.2. The Labute approximate surface area is 137 Å². The molecule has 23 heavy (non-hydrogen) atoms. The standard InChI is InChI=1S/C19H23N3O/c1-15(20)19(23)22-13-7-12-21(14-16-8-3-2-4-9-16)17-10-5-6-11-18(17)22/h2-6,8-11,15H,7,12-14,20H2,1H3. The highest BCUT2D eigenvalue weighted by Gasteiger charge is 2.26. The van der Waals surface area contributed by atoms with Gasteiger partial charge in [0.05, 0.1) is 17.4 Å². The highest BCUT2D eigenvalue weighted by molar-refractivity contribution is 5.99. The molecule has 1 heterocycles. The van der Waals surface area contributed by atoms with E-state index in [-0.39, 0.29) is 5.91 Å². The molecule has 0 bridgehead atoms. The monoisotopic (exact) mass is 309 g/mol. The Hall–Kier alpha value is -2.33. The molecule has 0 spiro atoms. The van der Waals surface area contributed by atoms with E-state index in [2.05, 4.69) is 35.2 Å². The number of para-hydroxylation sites is 2. The van der Waals surface area contributed by atoms with Crippen LogP contribution in [0.25, 0.3) is 0 Å². The number of hydrogen-bond acceptors (Lipinski definition) is 3. The molecule has 0 saturated carbocycles. The Morgan fingerprint density at radius 2 is 1.70 bits per heavy atom. The average molecular weight is 309 g/mol. The van der Waals surface area contributed by atoms with Crippen LogP contribution < -0.4 is 15.5 Å². The van der Waals surface area contributed by atoms with Crippen LogP contribution in [0.1, 0.15) is 18.9 Å². The molecule has 1 atom stereocenters. The minimum atomic E-state index is -0.483. The van der Waals surface area contributed by atoms with Crippen molar-refractivity contribution in [3.05, 3.63) is 60.2 Å². The SMILES string of the molecule is CC(N)C(=O)N1CCCN(Cc2ccccc2)c2ccccc21. The van der Waals surface area contributed by atoms with Crippen molar-refractivity contribution >= 4 is 17.3 Å². The number of nitrogens with zero attached hydrogens (tertiary/aromatic N) is 2. The van der Waals surface area contributed by atoms with Crippen molar-refractivity contribution in [2.24, 2.45) is 5.73 Å². The number of carbonyl (C=O) groups excluding carboxylic acids is 1. The van der Waals surface area contributed by atoms with Gasteiger partial charge in [-0.15, -0.1) is 0 Å². The molecule has 4 nitrogen and oxygen atoms in total. The molecule has 0 aliphatic carbocycles. The molecule has 2 aromatic rings. The number of benzene rings is 2. The van der Waals surface area contributed by atoms with Gasteiger partial charge in [-0.05, 0) is 31.0 Å². The fourth-order valence-electron chi connectivity index (χ4n) is 3.06. The van der Waals surface area contributed by atoms with E-state index in [1.54, 1.807) is 6.92 Å². The second kappa shape index (κ2) is 6.84. The summed E-state index contributed by atoms with van der Waals surface area (Å²) in [6.07, 6.45) is 0.931. The summed E-state index contributed by atoms with van der Waals surface area (Å²) in [6.45, 7) is 4.23. The van der Waals surface area contributed by atoms with Crippen molar-refractivity contribution in [3.8, 4) is 0 Å². The lowest BCUT2D eigenvalue weighted by Crippen LogP contribution is -2.42. The van der Waals surface area contributed by atoms with Crippen LogP contribution in [0.15, 0.2) is 54.6 Å². The molecule has 2 aromatic carbocycles. The van der Waals surface area contributed by atoms with Crippen molar-refractivity contribution in [1.82, 2.24) is 0 Å². The normalized spacial score (nSPS) is 15.7. The van der Waals surface area contributed by atoms with Gasteiger partial charge in [-0.3, -0.25) is 4.79 Å². The molecule has 2 N–H and O–H groups in total. The summed E-state index contributed by atoms with van der Waals surface area (Å²) in [6, 6.07) is 18.0. The second-order valence-electron chi connectivity index (χ2n) is 6.03. The maximum atomic E-state index is 12.5. The first-order valence-electron chi connectivity index (χ1n) is 8.11. The van der Waals surface area contributed by atoms with Crippen molar-refractivity contribution in [2.45, 2.75) is 25.9 Å². The van der Waals surface area contributed by atoms with Gasteiger partial charge in [-0.2, -0.15) is 0 Å². The van der Waals surface area contributed by atoms with Crippen LogP contribution in [-0.2, 0) is 11.3 Å². The molecule has 1 amide bonds. The van der Waals surface area contributed by atoms with E-state index in [1.165, 1.54) is 5.56 Å². The van der Waals surface area contributed by atoms with Gasteiger partial charge in [-0.25, -0.2) is 0 Å². The molecule has 1 aliphatic rings. The summed E-state index contributed by atoms with van der Waals surface area (Å²) in [5.41, 5.74) is 9.16. The molecular formula is C19H23N3O.